The molecular weight excluding hydrogens is 424 g/mol. The van der Waals surface area contributed by atoms with Crippen molar-refractivity contribution in [3.63, 3.8) is 0 Å². The molecule has 3 N–H and O–H groups in total. The monoisotopic (exact) mass is 452 g/mol. The second-order valence-electron chi connectivity index (χ2n) is 9.01. The van der Waals surface area contributed by atoms with E-state index in [-0.39, 0.29) is 31.8 Å². The number of carbonyl (C=O) groups excluding carboxylic acids is 2. The van der Waals surface area contributed by atoms with Crippen molar-refractivity contribution in [2.75, 3.05) is 19.8 Å². The smallest absolute Gasteiger partial charge is 0.408 e. The number of carboxylic acids is 1. The summed E-state index contributed by atoms with van der Waals surface area (Å²) in [5.41, 5.74) is 3.29. The molecule has 2 amide bonds. The molecule has 0 unspecified atom stereocenters. The molecule has 1 saturated heterocycles. The Morgan fingerprint density at radius 1 is 1.06 bits per heavy atom. The van der Waals surface area contributed by atoms with Gasteiger partial charge in [0, 0.05) is 12.5 Å². The Hall–Kier alpha value is -3.39. The van der Waals surface area contributed by atoms with E-state index in [0.29, 0.717) is 6.42 Å². The molecule has 1 fully saturated rings. The van der Waals surface area contributed by atoms with Crippen LogP contribution in [0.2, 0.25) is 0 Å². The average Bonchev–Trinajstić information content (AvgIpc) is 3.39. The molecule has 1 aliphatic carbocycles. The molecule has 0 aromatic heterocycles. The maximum absolute atomic E-state index is 12.6. The molecule has 4 rings (SSSR count). The van der Waals surface area contributed by atoms with Crippen molar-refractivity contribution in [1.82, 2.24) is 10.6 Å². The number of amides is 2. The lowest BCUT2D eigenvalue weighted by molar-refractivity contribution is -0.141. The summed E-state index contributed by atoms with van der Waals surface area (Å²) in [5, 5.41) is 14.4. The molecule has 174 valence electrons. The number of alkyl carbamates (subject to hydrolysis) is 1. The second-order valence-corrected chi connectivity index (χ2v) is 9.01. The van der Waals surface area contributed by atoms with Gasteiger partial charge in [-0.25, -0.2) is 4.79 Å². The first-order chi connectivity index (χ1) is 15.8. The predicted octanol–water partition coefficient (Wildman–Crippen LogP) is 2.91. The lowest BCUT2D eigenvalue weighted by Gasteiger charge is -2.26. The molecule has 0 radical (unpaired) electrons. The van der Waals surface area contributed by atoms with Gasteiger partial charge in [0.25, 0.3) is 0 Å². The molecule has 0 spiro atoms. The number of aliphatic carboxylic acids is 1. The van der Waals surface area contributed by atoms with Gasteiger partial charge in [-0.15, -0.1) is 0 Å². The number of benzene rings is 2. The van der Waals surface area contributed by atoms with Crippen molar-refractivity contribution in [1.29, 1.82) is 0 Å². The van der Waals surface area contributed by atoms with Crippen LogP contribution in [0.4, 0.5) is 4.79 Å². The summed E-state index contributed by atoms with van der Waals surface area (Å²) in [7, 11) is 0. The minimum atomic E-state index is -1.21. The Morgan fingerprint density at radius 3 is 2.24 bits per heavy atom. The van der Waals surface area contributed by atoms with Crippen LogP contribution >= 0.6 is 0 Å². The molecule has 2 aliphatic rings. The molecule has 1 aliphatic heterocycles. The highest BCUT2D eigenvalue weighted by Gasteiger charge is 2.35. The zero-order chi connectivity index (χ0) is 23.6. The summed E-state index contributed by atoms with van der Waals surface area (Å²) < 4.78 is 10.9. The lowest BCUT2D eigenvalue weighted by atomic mass is 9.98. The third kappa shape index (κ3) is 4.85. The van der Waals surface area contributed by atoms with Gasteiger partial charge >= 0.3 is 12.1 Å². The van der Waals surface area contributed by atoms with Crippen molar-refractivity contribution >= 4 is 18.0 Å². The minimum absolute atomic E-state index is 0.0678. The van der Waals surface area contributed by atoms with Gasteiger partial charge in [-0.05, 0) is 42.5 Å². The highest BCUT2D eigenvalue weighted by Crippen LogP contribution is 2.44. The van der Waals surface area contributed by atoms with E-state index < -0.39 is 29.4 Å². The van der Waals surface area contributed by atoms with Crippen LogP contribution < -0.4 is 10.6 Å². The molecule has 2 atom stereocenters. The van der Waals surface area contributed by atoms with Crippen LogP contribution in [0.15, 0.2) is 48.5 Å². The molecular formula is C25H28N2O6. The van der Waals surface area contributed by atoms with E-state index in [1.807, 2.05) is 36.4 Å². The molecule has 1 heterocycles. The van der Waals surface area contributed by atoms with E-state index in [4.69, 9.17) is 14.6 Å². The van der Waals surface area contributed by atoms with Crippen LogP contribution in [0, 0.1) is 5.92 Å². The van der Waals surface area contributed by atoms with Crippen molar-refractivity contribution in [3.05, 3.63) is 59.7 Å². The number of hydrogen-bond acceptors (Lipinski definition) is 5. The van der Waals surface area contributed by atoms with Crippen LogP contribution in [0.25, 0.3) is 11.1 Å². The van der Waals surface area contributed by atoms with E-state index in [2.05, 4.69) is 22.8 Å². The third-order valence-corrected chi connectivity index (χ3v) is 6.25. The third-order valence-electron chi connectivity index (χ3n) is 6.25. The number of hydrogen-bond donors (Lipinski definition) is 3. The number of ether oxygens (including phenoxy) is 2. The number of nitrogens with one attached hydrogen (secondary N) is 2. The van der Waals surface area contributed by atoms with E-state index in [0.717, 1.165) is 22.3 Å². The van der Waals surface area contributed by atoms with E-state index in [1.54, 1.807) is 13.8 Å². The van der Waals surface area contributed by atoms with E-state index >= 15 is 0 Å². The average molecular weight is 453 g/mol. The predicted molar refractivity (Wildman–Crippen MR) is 121 cm³/mol. The summed E-state index contributed by atoms with van der Waals surface area (Å²) >= 11 is 0. The van der Waals surface area contributed by atoms with Crippen molar-refractivity contribution in [2.45, 2.75) is 37.8 Å². The molecule has 33 heavy (non-hydrogen) atoms. The van der Waals surface area contributed by atoms with Crippen LogP contribution in [0.1, 0.15) is 37.3 Å². The maximum atomic E-state index is 12.6. The number of rotatable bonds is 7. The number of fused-ring (bicyclic) bond motifs is 3. The summed E-state index contributed by atoms with van der Waals surface area (Å²) in [5.74, 6) is -1.93. The molecule has 2 aromatic rings. The Balaban J connectivity index is 1.30. The van der Waals surface area contributed by atoms with Crippen molar-refractivity contribution < 1.29 is 29.0 Å². The fraction of sp³-hybridized carbons (Fsp3) is 0.400. The van der Waals surface area contributed by atoms with Gasteiger partial charge in [0.05, 0.1) is 18.6 Å². The molecule has 2 aromatic carbocycles. The molecule has 0 bridgehead atoms. The van der Waals surface area contributed by atoms with Crippen LogP contribution in [0.5, 0.6) is 0 Å². The summed E-state index contributed by atoms with van der Waals surface area (Å²) in [6.45, 7) is 3.64. The quantitative estimate of drug-likeness (QED) is 0.595. The zero-order valence-corrected chi connectivity index (χ0v) is 18.7. The summed E-state index contributed by atoms with van der Waals surface area (Å²) in [6, 6.07) is 16.1. The largest absolute Gasteiger partial charge is 0.481 e. The zero-order valence-electron chi connectivity index (χ0n) is 18.7. The topological polar surface area (TPSA) is 114 Å². The Morgan fingerprint density at radius 2 is 1.67 bits per heavy atom. The van der Waals surface area contributed by atoms with Gasteiger partial charge in [-0.2, -0.15) is 0 Å². The Bertz CT molecular complexity index is 1020. The SMILES string of the molecule is CC(C)(NC(=O)OCC1c2ccccc2-c2ccccc21)C(=O)NC[C@H]1C[C@@H](C(=O)O)CO1. The first-order valence-corrected chi connectivity index (χ1v) is 11.0. The maximum Gasteiger partial charge on any atom is 0.408 e. The van der Waals surface area contributed by atoms with Gasteiger partial charge < -0.3 is 25.2 Å². The first kappa shape index (κ1) is 22.8. The normalized spacial score (nSPS) is 19.5. The highest BCUT2D eigenvalue weighted by atomic mass is 16.5. The Kier molecular flexibility index (Phi) is 6.37. The van der Waals surface area contributed by atoms with Gasteiger partial charge in [0.2, 0.25) is 5.91 Å². The highest BCUT2D eigenvalue weighted by molar-refractivity contribution is 5.89. The summed E-state index contributed by atoms with van der Waals surface area (Å²) in [6.07, 6.45) is -0.698. The van der Waals surface area contributed by atoms with E-state index in [1.165, 1.54) is 0 Å². The molecule has 8 nitrogen and oxygen atoms in total. The van der Waals surface area contributed by atoms with E-state index in [9.17, 15) is 14.4 Å². The molecule has 8 heteroatoms. The fourth-order valence-electron chi connectivity index (χ4n) is 4.39. The standard InChI is InChI=1S/C25H28N2O6/c1-25(2,23(30)26-12-16-11-15(13-32-16)22(28)29)27-24(31)33-14-21-19-9-5-3-7-17(19)18-8-4-6-10-20(18)21/h3-10,15-16,21H,11-14H2,1-2H3,(H,26,30)(H,27,31)(H,28,29)/t15-,16-/m1/s1. The first-order valence-electron chi connectivity index (χ1n) is 11.0. The Labute approximate surface area is 192 Å². The molecule has 0 saturated carbocycles. The van der Waals surface area contributed by atoms with Crippen molar-refractivity contribution in [2.24, 2.45) is 5.92 Å². The minimum Gasteiger partial charge on any atom is -0.481 e. The van der Waals surface area contributed by atoms with Gasteiger partial charge in [-0.3, -0.25) is 9.59 Å². The van der Waals surface area contributed by atoms with Gasteiger partial charge in [-0.1, -0.05) is 48.5 Å². The van der Waals surface area contributed by atoms with Crippen LogP contribution in [-0.2, 0) is 19.1 Å². The van der Waals surface area contributed by atoms with Gasteiger partial charge in [0.15, 0.2) is 0 Å². The number of carbonyl (C=O) groups is 3. The number of carboxylic acid groups (broad SMARTS) is 1. The van der Waals surface area contributed by atoms with Crippen LogP contribution in [-0.4, -0.2) is 54.5 Å². The second kappa shape index (κ2) is 9.23. The van der Waals surface area contributed by atoms with Crippen LogP contribution in [0.3, 0.4) is 0 Å². The van der Waals surface area contributed by atoms with Crippen molar-refractivity contribution in [3.8, 4) is 11.1 Å². The lowest BCUT2D eigenvalue weighted by Crippen LogP contribution is -2.55. The van der Waals surface area contributed by atoms with Gasteiger partial charge in [0.1, 0.15) is 12.1 Å². The fourth-order valence-corrected chi connectivity index (χ4v) is 4.39. The summed E-state index contributed by atoms with van der Waals surface area (Å²) in [4.78, 5) is 36.2.